The van der Waals surface area contributed by atoms with E-state index in [9.17, 15) is 13.2 Å². The zero-order valence-corrected chi connectivity index (χ0v) is 16.4. The highest BCUT2D eigenvalue weighted by Gasteiger charge is 2.29. The Morgan fingerprint density at radius 1 is 1.11 bits per heavy atom. The third kappa shape index (κ3) is 3.33. The largest absolute Gasteiger partial charge is 0.497 e. The molecule has 0 saturated heterocycles. The van der Waals surface area contributed by atoms with Crippen molar-refractivity contribution in [1.82, 2.24) is 13.9 Å². The minimum absolute atomic E-state index is 0.142. The molecule has 7 nitrogen and oxygen atoms in total. The first kappa shape index (κ1) is 19.1. The molecule has 2 aromatic carbocycles. The van der Waals surface area contributed by atoms with Gasteiger partial charge in [0.15, 0.2) is 0 Å². The second kappa shape index (κ2) is 7.13. The Balaban J connectivity index is 2.04. The molecule has 8 heteroatoms. The van der Waals surface area contributed by atoms with E-state index in [1.807, 2.05) is 0 Å². The summed E-state index contributed by atoms with van der Waals surface area (Å²) in [5.41, 5.74) is 0.329. The smallest absolute Gasteiger partial charge is 0.261 e. The Bertz CT molecular complexity index is 1140. The molecule has 0 N–H and O–H groups in total. The fourth-order valence-corrected chi connectivity index (χ4v) is 4.22. The lowest BCUT2D eigenvalue weighted by Crippen LogP contribution is -2.34. The number of methoxy groups -OCH3 is 1. The number of nitrogens with zero attached hydrogens (tertiary/aromatic N) is 3. The summed E-state index contributed by atoms with van der Waals surface area (Å²) >= 11 is 0. The average Bonchev–Trinajstić information content (AvgIpc) is 2.69. The van der Waals surface area contributed by atoms with Gasteiger partial charge in [0.2, 0.25) is 10.0 Å². The van der Waals surface area contributed by atoms with Gasteiger partial charge in [-0.25, -0.2) is 13.4 Å². The standard InChI is InChI=1S/C19H21N3O4S/c1-13(18-20-17-8-6-5-7-16(17)19(23)21(18)2)22(3)27(24,25)15-11-9-14(26-4)10-12-15/h5-13H,1-4H3. The van der Waals surface area contributed by atoms with Gasteiger partial charge in [-0.05, 0) is 43.3 Å². The van der Waals surface area contributed by atoms with Gasteiger partial charge >= 0.3 is 0 Å². The van der Waals surface area contributed by atoms with Crippen molar-refractivity contribution in [2.45, 2.75) is 17.9 Å². The highest BCUT2D eigenvalue weighted by atomic mass is 32.2. The fourth-order valence-electron chi connectivity index (χ4n) is 2.89. The van der Waals surface area contributed by atoms with E-state index in [0.29, 0.717) is 22.5 Å². The summed E-state index contributed by atoms with van der Waals surface area (Å²) in [7, 11) is 0.822. The molecule has 0 spiro atoms. The van der Waals surface area contributed by atoms with Gasteiger partial charge in [-0.2, -0.15) is 4.31 Å². The van der Waals surface area contributed by atoms with Crippen molar-refractivity contribution >= 4 is 20.9 Å². The van der Waals surface area contributed by atoms with Crippen LogP contribution in [0.15, 0.2) is 58.2 Å². The molecule has 1 heterocycles. The van der Waals surface area contributed by atoms with E-state index < -0.39 is 16.1 Å². The molecule has 3 aromatic rings. The van der Waals surface area contributed by atoms with E-state index in [1.165, 1.54) is 35.2 Å². The molecule has 3 rings (SSSR count). The Hall–Kier alpha value is -2.71. The van der Waals surface area contributed by atoms with Crippen LogP contribution in [0.4, 0.5) is 0 Å². The van der Waals surface area contributed by atoms with Gasteiger partial charge in [-0.3, -0.25) is 9.36 Å². The lowest BCUT2D eigenvalue weighted by Gasteiger charge is -2.25. The van der Waals surface area contributed by atoms with E-state index >= 15 is 0 Å². The van der Waals surface area contributed by atoms with Gasteiger partial charge in [0.1, 0.15) is 11.6 Å². The monoisotopic (exact) mass is 387 g/mol. The number of hydrogen-bond acceptors (Lipinski definition) is 5. The molecule has 0 saturated carbocycles. The molecule has 0 bridgehead atoms. The van der Waals surface area contributed by atoms with Gasteiger partial charge in [-0.1, -0.05) is 12.1 Å². The zero-order chi connectivity index (χ0) is 19.8. The summed E-state index contributed by atoms with van der Waals surface area (Å²) in [6.45, 7) is 1.71. The summed E-state index contributed by atoms with van der Waals surface area (Å²) in [4.78, 5) is 17.3. The highest BCUT2D eigenvalue weighted by molar-refractivity contribution is 7.89. The lowest BCUT2D eigenvalue weighted by atomic mass is 10.2. The van der Waals surface area contributed by atoms with Crippen LogP contribution in [0.5, 0.6) is 5.75 Å². The lowest BCUT2D eigenvalue weighted by molar-refractivity contribution is 0.374. The summed E-state index contributed by atoms with van der Waals surface area (Å²) in [5, 5.41) is 0.497. The van der Waals surface area contributed by atoms with Crippen molar-refractivity contribution in [1.29, 1.82) is 0 Å². The van der Waals surface area contributed by atoms with Crippen LogP contribution in [-0.2, 0) is 17.1 Å². The number of sulfonamides is 1. The van der Waals surface area contributed by atoms with Crippen molar-refractivity contribution in [3.63, 3.8) is 0 Å². The van der Waals surface area contributed by atoms with Crippen LogP contribution in [0.25, 0.3) is 10.9 Å². The maximum atomic E-state index is 13.0. The quantitative estimate of drug-likeness (QED) is 0.671. The third-order valence-electron chi connectivity index (χ3n) is 4.67. The maximum Gasteiger partial charge on any atom is 0.261 e. The molecule has 0 radical (unpaired) electrons. The van der Waals surface area contributed by atoms with Crippen molar-refractivity contribution in [3.8, 4) is 5.75 Å². The van der Waals surface area contributed by atoms with E-state index in [4.69, 9.17) is 4.74 Å². The van der Waals surface area contributed by atoms with Gasteiger partial charge < -0.3 is 4.74 Å². The second-order valence-corrected chi connectivity index (χ2v) is 8.22. The Morgan fingerprint density at radius 2 is 1.74 bits per heavy atom. The van der Waals surface area contributed by atoms with Crippen molar-refractivity contribution in [3.05, 3.63) is 64.7 Å². The predicted octanol–water partition coefficient (Wildman–Crippen LogP) is 2.32. The van der Waals surface area contributed by atoms with Crippen LogP contribution in [0.3, 0.4) is 0 Å². The normalized spacial score (nSPS) is 13.1. The van der Waals surface area contributed by atoms with E-state index in [-0.39, 0.29) is 10.5 Å². The number of aromatic nitrogens is 2. The summed E-state index contributed by atoms with van der Waals surface area (Å²) < 4.78 is 33.6. The van der Waals surface area contributed by atoms with Crippen LogP contribution < -0.4 is 10.3 Å². The molecular formula is C19H21N3O4S. The molecule has 0 amide bonds. The van der Waals surface area contributed by atoms with Gasteiger partial charge in [0.05, 0.1) is 29.0 Å². The van der Waals surface area contributed by atoms with Crippen LogP contribution in [0.2, 0.25) is 0 Å². The number of benzene rings is 2. The molecular weight excluding hydrogens is 366 g/mol. The van der Waals surface area contributed by atoms with Gasteiger partial charge in [-0.15, -0.1) is 0 Å². The topological polar surface area (TPSA) is 81.5 Å². The molecule has 27 heavy (non-hydrogen) atoms. The number of para-hydroxylation sites is 1. The molecule has 1 aromatic heterocycles. The summed E-state index contributed by atoms with van der Waals surface area (Å²) in [6.07, 6.45) is 0. The summed E-state index contributed by atoms with van der Waals surface area (Å²) in [6, 6.07) is 12.5. The minimum Gasteiger partial charge on any atom is -0.497 e. The number of rotatable bonds is 5. The first-order valence-electron chi connectivity index (χ1n) is 8.35. The number of hydrogen-bond donors (Lipinski definition) is 0. The molecule has 0 aliphatic rings. The van der Waals surface area contributed by atoms with E-state index in [1.54, 1.807) is 50.4 Å². The van der Waals surface area contributed by atoms with Crippen LogP contribution in [0.1, 0.15) is 18.8 Å². The highest BCUT2D eigenvalue weighted by Crippen LogP contribution is 2.26. The third-order valence-corrected chi connectivity index (χ3v) is 6.62. The molecule has 0 aliphatic heterocycles. The van der Waals surface area contributed by atoms with E-state index in [2.05, 4.69) is 4.98 Å². The van der Waals surface area contributed by atoms with E-state index in [0.717, 1.165) is 0 Å². The number of fused-ring (bicyclic) bond motifs is 1. The zero-order valence-electron chi connectivity index (χ0n) is 15.6. The predicted molar refractivity (Wildman–Crippen MR) is 103 cm³/mol. The Labute approximate surface area is 157 Å². The second-order valence-electron chi connectivity index (χ2n) is 6.22. The SMILES string of the molecule is COc1ccc(S(=O)(=O)N(C)C(C)c2nc3ccccc3c(=O)n2C)cc1. The average molecular weight is 387 g/mol. The molecule has 1 unspecified atom stereocenters. The van der Waals surface area contributed by atoms with Gasteiger partial charge in [0.25, 0.3) is 5.56 Å². The van der Waals surface area contributed by atoms with Crippen LogP contribution >= 0.6 is 0 Å². The number of ether oxygens (including phenoxy) is 1. The molecule has 1 atom stereocenters. The Kier molecular flexibility index (Phi) is 5.03. The van der Waals surface area contributed by atoms with Crippen molar-refractivity contribution < 1.29 is 13.2 Å². The first-order valence-corrected chi connectivity index (χ1v) is 9.79. The molecule has 0 fully saturated rings. The molecule has 0 aliphatic carbocycles. The van der Waals surface area contributed by atoms with Crippen molar-refractivity contribution in [2.75, 3.05) is 14.2 Å². The summed E-state index contributed by atoms with van der Waals surface area (Å²) in [5.74, 6) is 0.946. The maximum absolute atomic E-state index is 13.0. The fraction of sp³-hybridized carbons (Fsp3) is 0.263. The minimum atomic E-state index is -3.77. The molecule has 142 valence electrons. The van der Waals surface area contributed by atoms with Crippen LogP contribution in [-0.4, -0.2) is 36.4 Å². The first-order chi connectivity index (χ1) is 12.8. The van der Waals surface area contributed by atoms with Crippen LogP contribution in [0, 0.1) is 0 Å². The van der Waals surface area contributed by atoms with Gasteiger partial charge in [0, 0.05) is 14.1 Å². The van der Waals surface area contributed by atoms with Crippen molar-refractivity contribution in [2.24, 2.45) is 7.05 Å². The Morgan fingerprint density at radius 3 is 2.37 bits per heavy atom.